The molecule has 98 valence electrons. The van der Waals surface area contributed by atoms with E-state index in [1.807, 2.05) is 13.8 Å². The van der Waals surface area contributed by atoms with Crippen LogP contribution in [0.3, 0.4) is 0 Å². The minimum absolute atomic E-state index is 0.426. The van der Waals surface area contributed by atoms with Gasteiger partial charge in [0.05, 0.1) is 5.69 Å². The van der Waals surface area contributed by atoms with Crippen LogP contribution in [-0.2, 0) is 19.1 Å². The summed E-state index contributed by atoms with van der Waals surface area (Å²) in [7, 11) is 0. The lowest BCUT2D eigenvalue weighted by Crippen LogP contribution is -2.26. The molecule has 0 aliphatic carbocycles. The maximum atomic E-state index is 13.0. The van der Waals surface area contributed by atoms with Crippen molar-refractivity contribution in [3.63, 3.8) is 0 Å². The van der Waals surface area contributed by atoms with Crippen LogP contribution in [-0.4, -0.2) is 20.7 Å². The zero-order valence-corrected chi connectivity index (χ0v) is 11.2. The minimum Gasteiger partial charge on any atom is -0.291 e. The van der Waals surface area contributed by atoms with Crippen molar-refractivity contribution < 1.29 is 8.78 Å². The van der Waals surface area contributed by atoms with Crippen molar-refractivity contribution in [3.05, 3.63) is 17.5 Å². The SMILES string of the molecule is CC.CC(C)N1Cc2cn(C(C)(F)F)nc2C1. The molecule has 0 aromatic carbocycles. The lowest BCUT2D eigenvalue weighted by molar-refractivity contribution is -0.0730. The number of fused-ring (bicyclic) bond motifs is 1. The van der Waals surface area contributed by atoms with Gasteiger partial charge in [0.2, 0.25) is 0 Å². The molecule has 3 nitrogen and oxygen atoms in total. The molecule has 0 bridgehead atoms. The zero-order chi connectivity index (χ0) is 13.2. The second kappa shape index (κ2) is 5.12. The molecule has 0 atom stereocenters. The summed E-state index contributed by atoms with van der Waals surface area (Å²) in [4.78, 5) is 2.20. The Morgan fingerprint density at radius 3 is 2.29 bits per heavy atom. The molecule has 0 spiro atoms. The molecule has 1 aliphatic heterocycles. The van der Waals surface area contributed by atoms with Gasteiger partial charge in [-0.3, -0.25) is 4.90 Å². The van der Waals surface area contributed by atoms with Crippen LogP contribution in [0.5, 0.6) is 0 Å². The quantitative estimate of drug-likeness (QED) is 0.797. The number of halogens is 2. The Morgan fingerprint density at radius 1 is 1.29 bits per heavy atom. The van der Waals surface area contributed by atoms with Crippen LogP contribution in [0.15, 0.2) is 6.20 Å². The van der Waals surface area contributed by atoms with Gasteiger partial charge in [-0.15, -0.1) is 0 Å². The smallest absolute Gasteiger partial charge is 0.291 e. The Labute approximate surface area is 101 Å². The third-order valence-electron chi connectivity index (χ3n) is 2.74. The number of aromatic nitrogens is 2. The Balaban J connectivity index is 0.000000686. The molecule has 0 radical (unpaired) electrons. The van der Waals surface area contributed by atoms with Gasteiger partial charge in [0.1, 0.15) is 0 Å². The highest BCUT2D eigenvalue weighted by Gasteiger charge is 2.30. The third-order valence-corrected chi connectivity index (χ3v) is 2.74. The van der Waals surface area contributed by atoms with Crippen LogP contribution in [0.25, 0.3) is 0 Å². The van der Waals surface area contributed by atoms with E-state index in [-0.39, 0.29) is 0 Å². The van der Waals surface area contributed by atoms with Gasteiger partial charge in [-0.2, -0.15) is 13.9 Å². The van der Waals surface area contributed by atoms with Gasteiger partial charge in [-0.05, 0) is 13.8 Å². The normalized spacial score (nSPS) is 15.8. The largest absolute Gasteiger partial charge is 0.340 e. The van der Waals surface area contributed by atoms with Gasteiger partial charge >= 0.3 is 6.05 Å². The van der Waals surface area contributed by atoms with Crippen LogP contribution in [0, 0.1) is 0 Å². The fourth-order valence-corrected chi connectivity index (χ4v) is 1.74. The number of alkyl halides is 2. The Morgan fingerprint density at radius 2 is 1.88 bits per heavy atom. The Hall–Kier alpha value is -0.970. The Bertz CT molecular complexity index is 343. The molecule has 1 aliphatic rings. The molecule has 2 rings (SSSR count). The molecule has 2 heterocycles. The summed E-state index contributed by atoms with van der Waals surface area (Å²) in [6.07, 6.45) is 1.46. The van der Waals surface area contributed by atoms with E-state index in [0.717, 1.165) is 29.4 Å². The van der Waals surface area contributed by atoms with Crippen molar-refractivity contribution in [2.75, 3.05) is 0 Å². The molecule has 0 fully saturated rings. The first kappa shape index (κ1) is 14.1. The molecule has 1 aromatic rings. The van der Waals surface area contributed by atoms with Crippen molar-refractivity contribution in [2.24, 2.45) is 0 Å². The van der Waals surface area contributed by atoms with Crippen LogP contribution in [0.2, 0.25) is 0 Å². The van der Waals surface area contributed by atoms with Crippen LogP contribution < -0.4 is 0 Å². The van der Waals surface area contributed by atoms with Crippen molar-refractivity contribution in [1.82, 2.24) is 14.7 Å². The average Bonchev–Trinajstić information content (AvgIpc) is 2.75. The fourth-order valence-electron chi connectivity index (χ4n) is 1.74. The summed E-state index contributed by atoms with van der Waals surface area (Å²) in [6, 6.07) is -2.47. The van der Waals surface area contributed by atoms with Crippen LogP contribution in [0.4, 0.5) is 8.78 Å². The summed E-state index contributed by atoms with van der Waals surface area (Å²) >= 11 is 0. The summed E-state index contributed by atoms with van der Waals surface area (Å²) < 4.78 is 26.7. The van der Waals surface area contributed by atoms with Crippen LogP contribution >= 0.6 is 0 Å². The van der Waals surface area contributed by atoms with E-state index in [2.05, 4.69) is 23.8 Å². The predicted molar refractivity (Wildman–Crippen MR) is 63.8 cm³/mol. The molecule has 1 aromatic heterocycles. The van der Waals surface area contributed by atoms with E-state index < -0.39 is 6.05 Å². The summed E-state index contributed by atoms with van der Waals surface area (Å²) in [5.41, 5.74) is 1.70. The second-order valence-corrected chi connectivity index (χ2v) is 4.39. The minimum atomic E-state index is -2.90. The highest BCUT2D eigenvalue weighted by atomic mass is 19.3. The lowest BCUT2D eigenvalue weighted by Gasteiger charge is -2.19. The average molecular weight is 245 g/mol. The molecular weight excluding hydrogens is 224 g/mol. The van der Waals surface area contributed by atoms with Gasteiger partial charge in [-0.25, -0.2) is 4.68 Å². The lowest BCUT2D eigenvalue weighted by atomic mass is 10.3. The first-order valence-corrected chi connectivity index (χ1v) is 6.07. The summed E-state index contributed by atoms with van der Waals surface area (Å²) in [5.74, 6) is 0. The molecule has 17 heavy (non-hydrogen) atoms. The van der Waals surface area contributed by atoms with E-state index in [1.165, 1.54) is 6.20 Å². The standard InChI is InChI=1S/C10H15F2N3.C2H6/c1-7(2)14-4-8-5-15(10(3,11)12)13-9(8)6-14;1-2/h5,7H,4,6H2,1-3H3;1-2H3. The first-order valence-electron chi connectivity index (χ1n) is 6.07. The summed E-state index contributed by atoms with van der Waals surface area (Å²) in [6.45, 7) is 10.4. The number of hydrogen-bond acceptors (Lipinski definition) is 2. The topological polar surface area (TPSA) is 21.1 Å². The number of rotatable bonds is 2. The van der Waals surface area contributed by atoms with Crippen LogP contribution in [0.1, 0.15) is 45.9 Å². The highest BCUT2D eigenvalue weighted by molar-refractivity contribution is 5.21. The first-order chi connectivity index (χ1) is 7.88. The highest BCUT2D eigenvalue weighted by Crippen LogP contribution is 2.27. The van der Waals surface area contributed by atoms with Gasteiger partial charge < -0.3 is 0 Å². The summed E-state index contributed by atoms with van der Waals surface area (Å²) in [5, 5.41) is 3.92. The van der Waals surface area contributed by atoms with Crippen molar-refractivity contribution >= 4 is 0 Å². The van der Waals surface area contributed by atoms with Gasteiger partial charge in [0.15, 0.2) is 0 Å². The van der Waals surface area contributed by atoms with E-state index in [9.17, 15) is 8.78 Å². The molecule has 0 amide bonds. The van der Waals surface area contributed by atoms with Gasteiger partial charge in [0, 0.05) is 37.8 Å². The monoisotopic (exact) mass is 245 g/mol. The Kier molecular flexibility index (Phi) is 4.25. The maximum Gasteiger partial charge on any atom is 0.340 e. The molecule has 0 unspecified atom stereocenters. The zero-order valence-electron chi connectivity index (χ0n) is 11.2. The predicted octanol–water partition coefficient (Wildman–Crippen LogP) is 3.20. The second-order valence-electron chi connectivity index (χ2n) is 4.39. The molecule has 0 saturated heterocycles. The van der Waals surface area contributed by atoms with Crippen molar-refractivity contribution in [1.29, 1.82) is 0 Å². The number of hydrogen-bond donors (Lipinski definition) is 0. The molecule has 0 saturated carbocycles. The van der Waals surface area contributed by atoms with Gasteiger partial charge in [-0.1, -0.05) is 13.8 Å². The van der Waals surface area contributed by atoms with Crippen molar-refractivity contribution in [2.45, 2.75) is 59.8 Å². The maximum absolute atomic E-state index is 13.0. The van der Waals surface area contributed by atoms with E-state index in [0.29, 0.717) is 12.6 Å². The molecular formula is C12H21F2N3. The van der Waals surface area contributed by atoms with E-state index in [4.69, 9.17) is 0 Å². The van der Waals surface area contributed by atoms with E-state index >= 15 is 0 Å². The number of nitrogens with zero attached hydrogens (tertiary/aromatic N) is 3. The molecule has 5 heteroatoms. The fraction of sp³-hybridized carbons (Fsp3) is 0.750. The molecule has 0 N–H and O–H groups in total. The van der Waals surface area contributed by atoms with E-state index in [1.54, 1.807) is 0 Å². The van der Waals surface area contributed by atoms with Gasteiger partial charge in [0.25, 0.3) is 0 Å². The third kappa shape index (κ3) is 3.03. The van der Waals surface area contributed by atoms with Crippen molar-refractivity contribution in [3.8, 4) is 0 Å².